The maximum Gasteiger partial charge on any atom is 0.164 e. The number of methoxy groups -OCH3 is 1. The van der Waals surface area contributed by atoms with Crippen molar-refractivity contribution in [2.75, 3.05) is 7.11 Å². The third kappa shape index (κ3) is 3.35. The zero-order chi connectivity index (χ0) is 9.56. The second kappa shape index (κ2) is 6.18. The molecule has 0 aliphatic carbocycles. The van der Waals surface area contributed by atoms with E-state index in [1.165, 1.54) is 0 Å². The van der Waals surface area contributed by atoms with Gasteiger partial charge in [0.05, 0.1) is 0 Å². The average Bonchev–Trinajstić information content (AvgIpc) is 2.07. The molecular formula is C10H20O2. The SMILES string of the molecule is CCCC(C)C(=O)C(CC)OC. The van der Waals surface area contributed by atoms with E-state index in [9.17, 15) is 4.79 Å². The van der Waals surface area contributed by atoms with Crippen molar-refractivity contribution < 1.29 is 9.53 Å². The smallest absolute Gasteiger partial charge is 0.164 e. The molecule has 0 aliphatic rings. The normalized spacial score (nSPS) is 15.7. The maximum atomic E-state index is 11.6. The minimum Gasteiger partial charge on any atom is -0.374 e. The Morgan fingerprint density at radius 3 is 2.33 bits per heavy atom. The van der Waals surface area contributed by atoms with Gasteiger partial charge in [0.2, 0.25) is 0 Å². The third-order valence-electron chi connectivity index (χ3n) is 2.18. The number of Topliss-reactive ketones (excluding diaryl/α,β-unsaturated/α-hetero) is 1. The van der Waals surface area contributed by atoms with Crippen molar-refractivity contribution in [2.45, 2.75) is 46.1 Å². The quantitative estimate of drug-likeness (QED) is 0.615. The van der Waals surface area contributed by atoms with Crippen LogP contribution in [-0.2, 0) is 9.53 Å². The Morgan fingerprint density at radius 1 is 1.42 bits per heavy atom. The number of rotatable bonds is 6. The molecule has 0 spiro atoms. The molecule has 0 aromatic rings. The van der Waals surface area contributed by atoms with Gasteiger partial charge in [0.15, 0.2) is 5.78 Å². The van der Waals surface area contributed by atoms with Crippen molar-refractivity contribution in [3.8, 4) is 0 Å². The standard InChI is InChI=1S/C10H20O2/c1-5-7-8(3)10(11)9(6-2)12-4/h8-9H,5-7H2,1-4H3. The van der Waals surface area contributed by atoms with E-state index in [1.54, 1.807) is 7.11 Å². The van der Waals surface area contributed by atoms with Crippen molar-refractivity contribution in [2.24, 2.45) is 5.92 Å². The zero-order valence-electron chi connectivity index (χ0n) is 8.59. The van der Waals surface area contributed by atoms with E-state index in [1.807, 2.05) is 13.8 Å². The Bertz CT molecular complexity index is 128. The largest absolute Gasteiger partial charge is 0.374 e. The summed E-state index contributed by atoms with van der Waals surface area (Å²) in [5.74, 6) is 0.404. The molecule has 0 saturated heterocycles. The van der Waals surface area contributed by atoms with Crippen molar-refractivity contribution >= 4 is 5.78 Å². The minimum absolute atomic E-state index is 0.153. The van der Waals surface area contributed by atoms with E-state index in [4.69, 9.17) is 4.74 Å². The van der Waals surface area contributed by atoms with Crippen LogP contribution in [0.2, 0.25) is 0 Å². The van der Waals surface area contributed by atoms with E-state index in [0.29, 0.717) is 0 Å². The summed E-state index contributed by atoms with van der Waals surface area (Å²) >= 11 is 0. The first-order chi connectivity index (χ1) is 5.67. The second-order valence-electron chi connectivity index (χ2n) is 3.22. The number of ketones is 1. The fourth-order valence-electron chi connectivity index (χ4n) is 1.38. The lowest BCUT2D eigenvalue weighted by Gasteiger charge is -2.16. The van der Waals surface area contributed by atoms with E-state index in [2.05, 4.69) is 6.92 Å². The number of carbonyl (C=O) groups excluding carboxylic acids is 1. The number of ether oxygens (including phenoxy) is 1. The lowest BCUT2D eigenvalue weighted by molar-refractivity contribution is -0.132. The summed E-state index contributed by atoms with van der Waals surface area (Å²) < 4.78 is 5.08. The summed E-state index contributed by atoms with van der Waals surface area (Å²) in [5.41, 5.74) is 0. The van der Waals surface area contributed by atoms with Crippen LogP contribution in [0.3, 0.4) is 0 Å². The molecular weight excluding hydrogens is 152 g/mol. The molecule has 0 saturated carbocycles. The highest BCUT2D eigenvalue weighted by Gasteiger charge is 2.20. The van der Waals surface area contributed by atoms with Gasteiger partial charge in [-0.05, 0) is 12.8 Å². The zero-order valence-corrected chi connectivity index (χ0v) is 8.59. The van der Waals surface area contributed by atoms with Crippen LogP contribution in [0.1, 0.15) is 40.0 Å². The van der Waals surface area contributed by atoms with E-state index < -0.39 is 0 Å². The summed E-state index contributed by atoms with van der Waals surface area (Å²) in [6.45, 7) is 6.05. The highest BCUT2D eigenvalue weighted by molar-refractivity contribution is 5.85. The van der Waals surface area contributed by atoms with Crippen LogP contribution < -0.4 is 0 Å². The molecule has 2 nitrogen and oxygen atoms in total. The van der Waals surface area contributed by atoms with Crippen LogP contribution in [-0.4, -0.2) is 19.0 Å². The molecule has 72 valence electrons. The molecule has 0 amide bonds. The molecule has 2 unspecified atom stereocenters. The Labute approximate surface area is 75.3 Å². The van der Waals surface area contributed by atoms with Gasteiger partial charge in [-0.3, -0.25) is 4.79 Å². The molecule has 0 bridgehead atoms. The van der Waals surface area contributed by atoms with Crippen LogP contribution in [0.15, 0.2) is 0 Å². The molecule has 0 N–H and O–H groups in total. The first-order valence-corrected chi connectivity index (χ1v) is 4.73. The summed E-state index contributed by atoms with van der Waals surface area (Å²) in [7, 11) is 1.60. The van der Waals surface area contributed by atoms with Crippen LogP contribution in [0.4, 0.5) is 0 Å². The predicted octanol–water partition coefficient (Wildman–Crippen LogP) is 2.42. The Kier molecular flexibility index (Phi) is 5.99. The molecule has 0 aromatic heterocycles. The van der Waals surface area contributed by atoms with Gasteiger partial charge in [-0.25, -0.2) is 0 Å². The van der Waals surface area contributed by atoms with Gasteiger partial charge in [0.1, 0.15) is 6.10 Å². The number of carbonyl (C=O) groups is 1. The first-order valence-electron chi connectivity index (χ1n) is 4.73. The molecule has 2 atom stereocenters. The van der Waals surface area contributed by atoms with Crippen LogP contribution >= 0.6 is 0 Å². The average molecular weight is 172 g/mol. The highest BCUT2D eigenvalue weighted by atomic mass is 16.5. The number of hydrogen-bond acceptors (Lipinski definition) is 2. The lowest BCUT2D eigenvalue weighted by atomic mass is 9.96. The molecule has 0 aromatic carbocycles. The van der Waals surface area contributed by atoms with Crippen LogP contribution in [0.25, 0.3) is 0 Å². The Balaban J connectivity index is 3.97. The fourth-order valence-corrected chi connectivity index (χ4v) is 1.38. The molecule has 0 aliphatic heterocycles. The Hall–Kier alpha value is -0.370. The summed E-state index contributed by atoms with van der Waals surface area (Å²) in [5, 5.41) is 0. The molecule has 0 fully saturated rings. The van der Waals surface area contributed by atoms with Gasteiger partial charge in [0.25, 0.3) is 0 Å². The molecule has 12 heavy (non-hydrogen) atoms. The second-order valence-corrected chi connectivity index (χ2v) is 3.22. The van der Waals surface area contributed by atoms with Crippen LogP contribution in [0.5, 0.6) is 0 Å². The topological polar surface area (TPSA) is 26.3 Å². The van der Waals surface area contributed by atoms with Gasteiger partial charge in [0, 0.05) is 13.0 Å². The fraction of sp³-hybridized carbons (Fsp3) is 0.900. The first kappa shape index (κ1) is 11.6. The number of hydrogen-bond donors (Lipinski definition) is 0. The Morgan fingerprint density at radius 2 is 2.00 bits per heavy atom. The van der Waals surface area contributed by atoms with Crippen molar-refractivity contribution in [3.05, 3.63) is 0 Å². The lowest BCUT2D eigenvalue weighted by Crippen LogP contribution is -2.27. The van der Waals surface area contributed by atoms with Gasteiger partial charge in [-0.2, -0.15) is 0 Å². The van der Waals surface area contributed by atoms with Gasteiger partial charge < -0.3 is 4.74 Å². The third-order valence-corrected chi connectivity index (χ3v) is 2.18. The summed E-state index contributed by atoms with van der Waals surface area (Å²) in [6.07, 6.45) is 2.63. The van der Waals surface area contributed by atoms with Crippen molar-refractivity contribution in [3.63, 3.8) is 0 Å². The van der Waals surface area contributed by atoms with E-state index >= 15 is 0 Å². The minimum atomic E-state index is -0.188. The van der Waals surface area contributed by atoms with E-state index in [0.717, 1.165) is 19.3 Å². The summed E-state index contributed by atoms with van der Waals surface area (Å²) in [4.78, 5) is 11.6. The van der Waals surface area contributed by atoms with Crippen molar-refractivity contribution in [1.82, 2.24) is 0 Å². The monoisotopic (exact) mass is 172 g/mol. The predicted molar refractivity (Wildman–Crippen MR) is 50.2 cm³/mol. The molecule has 2 heteroatoms. The highest BCUT2D eigenvalue weighted by Crippen LogP contribution is 2.12. The molecule has 0 rings (SSSR count). The van der Waals surface area contributed by atoms with Crippen molar-refractivity contribution in [1.29, 1.82) is 0 Å². The van der Waals surface area contributed by atoms with Crippen LogP contribution in [0, 0.1) is 5.92 Å². The van der Waals surface area contributed by atoms with Gasteiger partial charge in [-0.15, -0.1) is 0 Å². The van der Waals surface area contributed by atoms with Gasteiger partial charge >= 0.3 is 0 Å². The maximum absolute atomic E-state index is 11.6. The molecule has 0 heterocycles. The van der Waals surface area contributed by atoms with E-state index in [-0.39, 0.29) is 17.8 Å². The summed E-state index contributed by atoms with van der Waals surface area (Å²) in [6, 6.07) is 0. The van der Waals surface area contributed by atoms with Gasteiger partial charge in [-0.1, -0.05) is 27.2 Å². The molecule has 0 radical (unpaired) electrons.